The number of halogens is 1. The maximum atomic E-state index is 12.4. The minimum Gasteiger partial charge on any atom is -0.312 e. The van der Waals surface area contributed by atoms with E-state index in [0.717, 1.165) is 13.0 Å². The fraction of sp³-hybridized carbons (Fsp3) is 0.429. The molecule has 5 heteroatoms. The van der Waals surface area contributed by atoms with E-state index in [9.17, 15) is 4.79 Å². The first-order valence-electron chi connectivity index (χ1n) is 6.64. The van der Waals surface area contributed by atoms with Gasteiger partial charge in [0.2, 0.25) is 5.28 Å². The quantitative estimate of drug-likeness (QED) is 0.856. The number of fused-ring (bicyclic) bond motifs is 1. The Hall–Kier alpha value is -1.39. The first kappa shape index (κ1) is 12.6. The SMILES string of the molecule is O=c1c2ccccc2nc(Cl)n1CC1CCCCN1. The second-order valence-electron chi connectivity index (χ2n) is 4.96. The topological polar surface area (TPSA) is 46.9 Å². The molecule has 0 radical (unpaired) electrons. The molecule has 0 amide bonds. The van der Waals surface area contributed by atoms with Crippen LogP contribution >= 0.6 is 11.6 Å². The molecule has 1 unspecified atom stereocenters. The van der Waals surface area contributed by atoms with Crippen molar-refractivity contribution in [3.05, 3.63) is 39.9 Å². The molecule has 1 fully saturated rings. The molecule has 0 saturated carbocycles. The van der Waals surface area contributed by atoms with Crippen LogP contribution in [0.5, 0.6) is 0 Å². The largest absolute Gasteiger partial charge is 0.312 e. The number of piperidine rings is 1. The number of aromatic nitrogens is 2. The van der Waals surface area contributed by atoms with Gasteiger partial charge >= 0.3 is 0 Å². The molecule has 1 atom stereocenters. The molecular formula is C14H16ClN3O. The fourth-order valence-corrected chi connectivity index (χ4v) is 2.84. The second kappa shape index (κ2) is 5.31. The van der Waals surface area contributed by atoms with Crippen LogP contribution in [0.1, 0.15) is 19.3 Å². The summed E-state index contributed by atoms with van der Waals surface area (Å²) in [4.78, 5) is 16.7. The van der Waals surface area contributed by atoms with Crippen LogP contribution in [0.3, 0.4) is 0 Å². The summed E-state index contributed by atoms with van der Waals surface area (Å²) in [5, 5.41) is 4.33. The van der Waals surface area contributed by atoms with Gasteiger partial charge in [0.15, 0.2) is 0 Å². The van der Waals surface area contributed by atoms with Crippen LogP contribution in [0.15, 0.2) is 29.1 Å². The minimum atomic E-state index is -0.0528. The van der Waals surface area contributed by atoms with Crippen molar-refractivity contribution < 1.29 is 0 Å². The Morgan fingerprint density at radius 3 is 3.00 bits per heavy atom. The molecule has 0 bridgehead atoms. The summed E-state index contributed by atoms with van der Waals surface area (Å²) in [6.07, 6.45) is 3.48. The van der Waals surface area contributed by atoms with E-state index in [1.807, 2.05) is 18.2 Å². The van der Waals surface area contributed by atoms with Gasteiger partial charge in [0.05, 0.1) is 10.9 Å². The summed E-state index contributed by atoms with van der Waals surface area (Å²) >= 11 is 6.15. The molecule has 3 rings (SSSR count). The molecule has 1 saturated heterocycles. The number of benzene rings is 1. The van der Waals surface area contributed by atoms with E-state index in [2.05, 4.69) is 10.3 Å². The van der Waals surface area contributed by atoms with Crippen molar-refractivity contribution in [3.8, 4) is 0 Å². The van der Waals surface area contributed by atoms with Crippen molar-refractivity contribution in [1.29, 1.82) is 0 Å². The lowest BCUT2D eigenvalue weighted by molar-refractivity contribution is 0.359. The summed E-state index contributed by atoms with van der Waals surface area (Å²) < 4.78 is 1.58. The van der Waals surface area contributed by atoms with Gasteiger partial charge in [-0.1, -0.05) is 18.6 Å². The average molecular weight is 278 g/mol. The zero-order chi connectivity index (χ0) is 13.2. The van der Waals surface area contributed by atoms with E-state index in [0.29, 0.717) is 23.5 Å². The highest BCUT2D eigenvalue weighted by molar-refractivity contribution is 6.28. The second-order valence-corrected chi connectivity index (χ2v) is 5.30. The molecule has 1 N–H and O–H groups in total. The first-order chi connectivity index (χ1) is 9.25. The van der Waals surface area contributed by atoms with E-state index in [1.165, 1.54) is 12.8 Å². The Kier molecular flexibility index (Phi) is 3.53. The van der Waals surface area contributed by atoms with Crippen LogP contribution in [-0.4, -0.2) is 22.1 Å². The highest BCUT2D eigenvalue weighted by Gasteiger charge is 2.16. The van der Waals surface area contributed by atoms with E-state index >= 15 is 0 Å². The Morgan fingerprint density at radius 2 is 2.21 bits per heavy atom. The smallest absolute Gasteiger partial charge is 0.262 e. The lowest BCUT2D eigenvalue weighted by atomic mass is 10.1. The fourth-order valence-electron chi connectivity index (χ4n) is 2.60. The highest BCUT2D eigenvalue weighted by Crippen LogP contribution is 2.14. The van der Waals surface area contributed by atoms with Crippen molar-refractivity contribution in [1.82, 2.24) is 14.9 Å². The number of rotatable bonds is 2. The number of hydrogen-bond donors (Lipinski definition) is 1. The molecule has 2 heterocycles. The minimum absolute atomic E-state index is 0.0528. The van der Waals surface area contributed by atoms with E-state index in [4.69, 9.17) is 11.6 Å². The Balaban J connectivity index is 2.00. The molecule has 1 aromatic carbocycles. The van der Waals surface area contributed by atoms with Crippen LogP contribution in [0.2, 0.25) is 5.28 Å². The molecule has 100 valence electrons. The summed E-state index contributed by atoms with van der Waals surface area (Å²) in [6.45, 7) is 1.60. The van der Waals surface area contributed by atoms with Gasteiger partial charge in [0.25, 0.3) is 5.56 Å². The predicted molar refractivity (Wildman–Crippen MR) is 76.7 cm³/mol. The number of para-hydroxylation sites is 1. The van der Waals surface area contributed by atoms with Gasteiger partial charge in [0.1, 0.15) is 0 Å². The van der Waals surface area contributed by atoms with Crippen molar-refractivity contribution in [2.24, 2.45) is 0 Å². The van der Waals surface area contributed by atoms with Crippen LogP contribution < -0.4 is 10.9 Å². The van der Waals surface area contributed by atoms with Crippen LogP contribution in [0.4, 0.5) is 0 Å². The van der Waals surface area contributed by atoms with E-state index < -0.39 is 0 Å². The van der Waals surface area contributed by atoms with Gasteiger partial charge in [-0.3, -0.25) is 9.36 Å². The maximum absolute atomic E-state index is 12.4. The van der Waals surface area contributed by atoms with Crippen LogP contribution in [0.25, 0.3) is 10.9 Å². The van der Waals surface area contributed by atoms with Gasteiger partial charge in [-0.05, 0) is 43.1 Å². The first-order valence-corrected chi connectivity index (χ1v) is 7.02. The number of nitrogens with zero attached hydrogens (tertiary/aromatic N) is 2. The van der Waals surface area contributed by atoms with Crippen molar-refractivity contribution >= 4 is 22.5 Å². The molecule has 2 aromatic rings. The van der Waals surface area contributed by atoms with Crippen molar-refractivity contribution in [2.75, 3.05) is 6.54 Å². The summed E-state index contributed by atoms with van der Waals surface area (Å²) in [5.41, 5.74) is 0.605. The molecular weight excluding hydrogens is 262 g/mol. The number of hydrogen-bond acceptors (Lipinski definition) is 3. The monoisotopic (exact) mass is 277 g/mol. The third-order valence-electron chi connectivity index (χ3n) is 3.63. The lowest BCUT2D eigenvalue weighted by Crippen LogP contribution is -2.40. The molecule has 4 nitrogen and oxygen atoms in total. The van der Waals surface area contributed by atoms with Crippen molar-refractivity contribution in [3.63, 3.8) is 0 Å². The Labute approximate surface area is 116 Å². The van der Waals surface area contributed by atoms with Gasteiger partial charge < -0.3 is 5.32 Å². The Morgan fingerprint density at radius 1 is 1.37 bits per heavy atom. The van der Waals surface area contributed by atoms with Crippen molar-refractivity contribution in [2.45, 2.75) is 31.8 Å². The molecule has 1 aliphatic rings. The third kappa shape index (κ3) is 2.51. The van der Waals surface area contributed by atoms with Crippen LogP contribution in [0, 0.1) is 0 Å². The summed E-state index contributed by atoms with van der Waals surface area (Å²) in [6, 6.07) is 7.63. The lowest BCUT2D eigenvalue weighted by Gasteiger charge is -2.24. The zero-order valence-corrected chi connectivity index (χ0v) is 11.4. The van der Waals surface area contributed by atoms with Crippen LogP contribution in [-0.2, 0) is 6.54 Å². The normalized spacial score (nSPS) is 19.7. The molecule has 0 spiro atoms. The standard InChI is InChI=1S/C14H16ClN3O/c15-14-17-12-7-2-1-6-11(12)13(19)18(14)9-10-5-3-4-8-16-10/h1-2,6-7,10,16H,3-5,8-9H2. The van der Waals surface area contributed by atoms with Gasteiger partial charge in [-0.15, -0.1) is 0 Å². The molecule has 1 aliphatic heterocycles. The number of nitrogens with one attached hydrogen (secondary N) is 1. The molecule has 19 heavy (non-hydrogen) atoms. The van der Waals surface area contributed by atoms with Gasteiger partial charge in [0, 0.05) is 12.6 Å². The predicted octanol–water partition coefficient (Wildman–Crippen LogP) is 2.19. The van der Waals surface area contributed by atoms with Gasteiger partial charge in [-0.25, -0.2) is 4.98 Å². The zero-order valence-electron chi connectivity index (χ0n) is 10.6. The van der Waals surface area contributed by atoms with E-state index in [-0.39, 0.29) is 10.8 Å². The average Bonchev–Trinajstić information content (AvgIpc) is 2.45. The van der Waals surface area contributed by atoms with E-state index in [1.54, 1.807) is 10.6 Å². The Bertz CT molecular complexity index is 647. The maximum Gasteiger partial charge on any atom is 0.262 e. The molecule has 1 aromatic heterocycles. The highest BCUT2D eigenvalue weighted by atomic mass is 35.5. The molecule has 0 aliphatic carbocycles. The summed E-state index contributed by atoms with van der Waals surface area (Å²) in [5.74, 6) is 0. The summed E-state index contributed by atoms with van der Waals surface area (Å²) in [7, 11) is 0. The third-order valence-corrected chi connectivity index (χ3v) is 3.92. The van der Waals surface area contributed by atoms with Gasteiger partial charge in [-0.2, -0.15) is 0 Å².